The summed E-state index contributed by atoms with van der Waals surface area (Å²) >= 11 is 12.5. The molecule has 2 rings (SSSR count). The Hall–Kier alpha value is -0.793. The van der Waals surface area contributed by atoms with Gasteiger partial charge in [-0.1, -0.05) is 50.0 Å². The van der Waals surface area contributed by atoms with E-state index in [1.807, 2.05) is 32.9 Å². The van der Waals surface area contributed by atoms with Crippen molar-refractivity contribution in [2.75, 3.05) is 26.3 Å². The Bertz CT molecular complexity index is 804. The van der Waals surface area contributed by atoms with Crippen LogP contribution in [0.25, 0.3) is 0 Å². The van der Waals surface area contributed by atoms with E-state index >= 15 is 0 Å². The molecule has 1 amide bonds. The number of morpholine rings is 1. The third-order valence-electron chi connectivity index (χ3n) is 6.28. The topological polar surface area (TPSA) is 48.0 Å². The smallest absolute Gasteiger partial charge is 0.410 e. The van der Waals surface area contributed by atoms with Crippen molar-refractivity contribution in [3.05, 3.63) is 33.8 Å². The van der Waals surface area contributed by atoms with E-state index in [9.17, 15) is 4.79 Å². The standard InChI is InChI=1S/C24H39Cl2NO4Si/c1-22(2,3)31-21(28)27-13-15-29-24(17-27,18-10-11-19(25)20(26)16-18)12-9-14-30-32(7,8)23(4,5)6/h10-11,16H,9,12-15,17H2,1-8H3. The fourth-order valence-electron chi connectivity index (χ4n) is 3.42. The summed E-state index contributed by atoms with van der Waals surface area (Å²) in [5.74, 6) is 0. The molecule has 0 spiro atoms. The van der Waals surface area contributed by atoms with E-state index in [0.717, 1.165) is 12.0 Å². The minimum atomic E-state index is -1.83. The number of benzene rings is 1. The molecular formula is C24H39Cl2NO4Si. The fraction of sp³-hybridized carbons (Fsp3) is 0.708. The number of carbonyl (C=O) groups excluding carboxylic acids is 1. The maximum atomic E-state index is 12.8. The molecular weight excluding hydrogens is 465 g/mol. The first-order valence-corrected chi connectivity index (χ1v) is 14.9. The molecule has 182 valence electrons. The largest absolute Gasteiger partial charge is 0.444 e. The first-order chi connectivity index (χ1) is 14.6. The zero-order valence-electron chi connectivity index (χ0n) is 20.8. The van der Waals surface area contributed by atoms with Gasteiger partial charge in [0, 0.05) is 13.2 Å². The molecule has 1 unspecified atom stereocenters. The van der Waals surface area contributed by atoms with Crippen LogP contribution in [0.15, 0.2) is 18.2 Å². The van der Waals surface area contributed by atoms with Crippen molar-refractivity contribution in [1.82, 2.24) is 4.90 Å². The van der Waals surface area contributed by atoms with Gasteiger partial charge in [0.25, 0.3) is 0 Å². The van der Waals surface area contributed by atoms with Gasteiger partial charge in [0.1, 0.15) is 11.2 Å². The number of halogens is 2. The summed E-state index contributed by atoms with van der Waals surface area (Å²) in [5, 5.41) is 1.12. The summed E-state index contributed by atoms with van der Waals surface area (Å²) in [6.45, 7) is 18.8. The molecule has 1 atom stereocenters. The normalized spacial score (nSPS) is 20.4. The molecule has 1 heterocycles. The van der Waals surface area contributed by atoms with Gasteiger partial charge in [0.15, 0.2) is 8.32 Å². The van der Waals surface area contributed by atoms with E-state index in [-0.39, 0.29) is 11.1 Å². The number of hydrogen-bond acceptors (Lipinski definition) is 4. The van der Waals surface area contributed by atoms with Gasteiger partial charge in [-0.2, -0.15) is 0 Å². The van der Waals surface area contributed by atoms with Gasteiger partial charge in [-0.3, -0.25) is 0 Å². The highest BCUT2D eigenvalue weighted by atomic mass is 35.5. The number of ether oxygens (including phenoxy) is 2. The second-order valence-corrected chi connectivity index (χ2v) is 16.7. The quantitative estimate of drug-likeness (QED) is 0.302. The van der Waals surface area contributed by atoms with Crippen molar-refractivity contribution in [3.63, 3.8) is 0 Å². The van der Waals surface area contributed by atoms with Crippen LogP contribution >= 0.6 is 23.2 Å². The molecule has 0 radical (unpaired) electrons. The summed E-state index contributed by atoms with van der Waals surface area (Å²) in [4.78, 5) is 14.5. The summed E-state index contributed by atoms with van der Waals surface area (Å²) in [7, 11) is -1.83. The maximum absolute atomic E-state index is 12.8. The van der Waals surface area contributed by atoms with Crippen molar-refractivity contribution in [2.24, 2.45) is 0 Å². The molecule has 1 aromatic rings. The Morgan fingerprint density at radius 1 is 1.16 bits per heavy atom. The predicted molar refractivity (Wildman–Crippen MR) is 134 cm³/mol. The summed E-state index contributed by atoms with van der Waals surface area (Å²) in [6, 6.07) is 5.56. The van der Waals surface area contributed by atoms with E-state index in [2.05, 4.69) is 33.9 Å². The van der Waals surface area contributed by atoms with Crippen molar-refractivity contribution in [2.45, 2.75) is 83.7 Å². The van der Waals surface area contributed by atoms with Crippen LogP contribution in [0, 0.1) is 0 Å². The SMILES string of the molecule is CC(C)(C)OC(=O)N1CCOC(CCCO[Si](C)(C)C(C)(C)C)(c2ccc(Cl)c(Cl)c2)C1. The van der Waals surface area contributed by atoms with Crippen LogP contribution in [-0.2, 0) is 19.5 Å². The third-order valence-corrected chi connectivity index (χ3v) is 11.6. The number of rotatable bonds is 6. The van der Waals surface area contributed by atoms with Crippen molar-refractivity contribution in [3.8, 4) is 0 Å². The Balaban J connectivity index is 2.22. The fourth-order valence-corrected chi connectivity index (χ4v) is 4.80. The molecule has 1 aromatic carbocycles. The molecule has 0 bridgehead atoms. The van der Waals surface area contributed by atoms with Crippen LogP contribution in [-0.4, -0.2) is 51.2 Å². The summed E-state index contributed by atoms with van der Waals surface area (Å²) in [5.41, 5.74) is -0.341. The third kappa shape index (κ3) is 7.10. The maximum Gasteiger partial charge on any atom is 0.410 e. The average Bonchev–Trinajstić information content (AvgIpc) is 2.65. The van der Waals surface area contributed by atoms with E-state index in [1.165, 1.54) is 0 Å². The van der Waals surface area contributed by atoms with Gasteiger partial charge >= 0.3 is 6.09 Å². The molecule has 1 fully saturated rings. The molecule has 1 aliphatic heterocycles. The van der Waals surface area contributed by atoms with E-state index in [0.29, 0.717) is 42.8 Å². The van der Waals surface area contributed by atoms with Crippen LogP contribution in [0.4, 0.5) is 4.79 Å². The highest BCUT2D eigenvalue weighted by Crippen LogP contribution is 2.39. The molecule has 5 nitrogen and oxygen atoms in total. The lowest BCUT2D eigenvalue weighted by molar-refractivity contribution is -0.120. The second-order valence-electron chi connectivity index (χ2n) is 11.1. The highest BCUT2D eigenvalue weighted by Gasteiger charge is 2.42. The van der Waals surface area contributed by atoms with Gasteiger partial charge in [0.05, 0.1) is 23.2 Å². The average molecular weight is 505 g/mol. The number of carbonyl (C=O) groups is 1. The minimum Gasteiger partial charge on any atom is -0.444 e. The number of amides is 1. The van der Waals surface area contributed by atoms with Crippen molar-refractivity contribution >= 4 is 37.6 Å². The van der Waals surface area contributed by atoms with Crippen LogP contribution in [0.3, 0.4) is 0 Å². The molecule has 0 saturated carbocycles. The second kappa shape index (κ2) is 10.2. The minimum absolute atomic E-state index is 0.156. The first-order valence-electron chi connectivity index (χ1n) is 11.3. The van der Waals surface area contributed by atoms with Gasteiger partial charge in [0.2, 0.25) is 0 Å². The Morgan fingerprint density at radius 3 is 2.38 bits per heavy atom. The lowest BCUT2D eigenvalue weighted by atomic mass is 9.87. The summed E-state index contributed by atoms with van der Waals surface area (Å²) < 4.78 is 18.4. The summed E-state index contributed by atoms with van der Waals surface area (Å²) in [6.07, 6.45) is 1.16. The van der Waals surface area contributed by atoms with Gasteiger partial charge < -0.3 is 18.8 Å². The molecule has 0 aromatic heterocycles. The van der Waals surface area contributed by atoms with E-state index in [1.54, 1.807) is 11.0 Å². The lowest BCUT2D eigenvalue weighted by Crippen LogP contribution is -2.53. The van der Waals surface area contributed by atoms with Gasteiger partial charge in [-0.25, -0.2) is 4.79 Å². The van der Waals surface area contributed by atoms with E-state index in [4.69, 9.17) is 37.1 Å². The van der Waals surface area contributed by atoms with Crippen LogP contribution in [0.2, 0.25) is 28.2 Å². The number of hydrogen-bond donors (Lipinski definition) is 0. The monoisotopic (exact) mass is 503 g/mol. The van der Waals surface area contributed by atoms with Gasteiger partial charge in [-0.05, 0) is 69.4 Å². The van der Waals surface area contributed by atoms with Crippen LogP contribution in [0.5, 0.6) is 0 Å². The Kier molecular flexibility index (Phi) is 8.77. The van der Waals surface area contributed by atoms with Crippen molar-refractivity contribution < 1.29 is 18.7 Å². The zero-order chi connectivity index (χ0) is 24.4. The molecule has 0 N–H and O–H groups in total. The molecule has 1 saturated heterocycles. The molecule has 0 aliphatic carbocycles. The lowest BCUT2D eigenvalue weighted by Gasteiger charge is -2.44. The molecule has 8 heteroatoms. The highest BCUT2D eigenvalue weighted by molar-refractivity contribution is 6.74. The van der Waals surface area contributed by atoms with Crippen LogP contribution in [0.1, 0.15) is 59.9 Å². The number of nitrogens with zero attached hydrogens (tertiary/aromatic N) is 1. The zero-order valence-corrected chi connectivity index (χ0v) is 23.3. The van der Waals surface area contributed by atoms with E-state index < -0.39 is 19.5 Å². The molecule has 1 aliphatic rings. The Morgan fingerprint density at radius 2 is 1.81 bits per heavy atom. The van der Waals surface area contributed by atoms with Gasteiger partial charge in [-0.15, -0.1) is 0 Å². The Labute approximate surface area is 204 Å². The van der Waals surface area contributed by atoms with Crippen LogP contribution < -0.4 is 0 Å². The predicted octanol–water partition coefficient (Wildman–Crippen LogP) is 7.26. The van der Waals surface area contributed by atoms with Crippen molar-refractivity contribution in [1.29, 1.82) is 0 Å². The first kappa shape index (κ1) is 27.5. The molecule has 32 heavy (non-hydrogen) atoms.